The number of benzene rings is 2. The molecule has 2 aliphatic heterocycles. The van der Waals surface area contributed by atoms with E-state index >= 15 is 0 Å². The molecule has 0 spiro atoms. The number of fused-ring (bicyclic) bond motifs is 1. The largest absolute Gasteiger partial charge is 0.438 e. The number of aryl methyl sites for hydroxylation is 2. The zero-order valence-electron chi connectivity index (χ0n) is 20.7. The van der Waals surface area contributed by atoms with Crippen LogP contribution in [-0.4, -0.2) is 59.5 Å². The van der Waals surface area contributed by atoms with Crippen LogP contribution in [0.3, 0.4) is 0 Å². The molecule has 1 atom stereocenters. The molecule has 1 fully saturated rings. The maximum Gasteiger partial charge on any atom is 0.410 e. The monoisotopic (exact) mass is 478 g/mol. The normalized spacial score (nSPS) is 17.3. The van der Waals surface area contributed by atoms with Crippen LogP contribution in [0.25, 0.3) is 0 Å². The van der Waals surface area contributed by atoms with E-state index < -0.39 is 12.2 Å². The van der Waals surface area contributed by atoms with Crippen LogP contribution in [-0.2, 0) is 22.4 Å². The van der Waals surface area contributed by atoms with Crippen molar-refractivity contribution < 1.29 is 19.1 Å². The van der Waals surface area contributed by atoms with Gasteiger partial charge in [-0.15, -0.1) is 0 Å². The number of nitrogen functional groups attached to an aromatic ring is 1. The molecule has 0 aromatic heterocycles. The molecule has 8 nitrogen and oxygen atoms in total. The molecule has 2 aromatic carbocycles. The van der Waals surface area contributed by atoms with Crippen molar-refractivity contribution in [2.45, 2.75) is 58.6 Å². The Bertz CT molecular complexity index is 1100. The average molecular weight is 479 g/mol. The summed E-state index contributed by atoms with van der Waals surface area (Å²) in [6.45, 7) is 6.89. The maximum atomic E-state index is 12.9. The van der Waals surface area contributed by atoms with E-state index in [0.717, 1.165) is 40.0 Å². The van der Waals surface area contributed by atoms with E-state index in [9.17, 15) is 14.4 Å². The number of ketones is 1. The van der Waals surface area contributed by atoms with Crippen LogP contribution in [0.5, 0.6) is 0 Å². The predicted molar refractivity (Wildman–Crippen MR) is 135 cm³/mol. The quantitative estimate of drug-likeness (QED) is 0.630. The molecule has 3 amide bonds. The first kappa shape index (κ1) is 24.6. The smallest absolute Gasteiger partial charge is 0.410 e. The van der Waals surface area contributed by atoms with Crippen LogP contribution in [0.1, 0.15) is 42.0 Å². The number of nitrogens with two attached hydrogens (primary N) is 1. The molecule has 8 heteroatoms. The number of hydrogen-bond acceptors (Lipinski definition) is 5. The van der Waals surface area contributed by atoms with Gasteiger partial charge in [-0.2, -0.15) is 0 Å². The zero-order chi connectivity index (χ0) is 25.1. The summed E-state index contributed by atoms with van der Waals surface area (Å²) in [6, 6.07) is 11.7. The van der Waals surface area contributed by atoms with Gasteiger partial charge in [0.15, 0.2) is 11.9 Å². The second kappa shape index (κ2) is 10.4. The number of nitrogens with zero attached hydrogens (tertiary/aromatic N) is 2. The topological polar surface area (TPSA) is 105 Å². The highest BCUT2D eigenvalue weighted by Crippen LogP contribution is 2.25. The molecule has 0 aliphatic carbocycles. The lowest BCUT2D eigenvalue weighted by molar-refractivity contribution is -0.125. The molecular formula is C27H34N4O4. The highest BCUT2D eigenvalue weighted by Gasteiger charge is 2.33. The SMILES string of the molecule is CC(=O)[C@@H](Cc1cc(C)c(N)c(C)c1)OC(=O)N1CCC(N2CCc3ccccc3NC2=O)CC1. The fraction of sp³-hybridized carbons (Fsp3) is 0.444. The van der Waals surface area contributed by atoms with Crippen molar-refractivity contribution in [3.8, 4) is 0 Å². The van der Waals surface area contributed by atoms with Gasteiger partial charge in [0.25, 0.3) is 0 Å². The molecule has 2 aromatic rings. The number of hydrogen-bond donors (Lipinski definition) is 2. The highest BCUT2D eigenvalue weighted by atomic mass is 16.6. The molecule has 0 saturated carbocycles. The molecule has 1 saturated heterocycles. The van der Waals surface area contributed by atoms with Gasteiger partial charge in [-0.1, -0.05) is 30.3 Å². The number of urea groups is 1. The number of carbonyl (C=O) groups is 3. The van der Waals surface area contributed by atoms with E-state index in [1.54, 1.807) is 4.90 Å². The Labute approximate surface area is 206 Å². The number of likely N-dealkylation sites (tertiary alicyclic amines) is 1. The van der Waals surface area contributed by atoms with Crippen molar-refractivity contribution >= 4 is 29.3 Å². The van der Waals surface area contributed by atoms with E-state index in [0.29, 0.717) is 38.9 Å². The van der Waals surface area contributed by atoms with Crippen molar-refractivity contribution in [1.82, 2.24) is 9.80 Å². The first-order chi connectivity index (χ1) is 16.7. The molecule has 3 N–H and O–H groups in total. The minimum atomic E-state index is -0.850. The summed E-state index contributed by atoms with van der Waals surface area (Å²) < 4.78 is 5.64. The van der Waals surface area contributed by atoms with Gasteiger partial charge in [-0.3, -0.25) is 4.79 Å². The van der Waals surface area contributed by atoms with Gasteiger partial charge >= 0.3 is 12.1 Å². The molecule has 0 bridgehead atoms. The number of anilines is 2. The van der Waals surface area contributed by atoms with Crippen LogP contribution in [0.2, 0.25) is 0 Å². The fourth-order valence-electron chi connectivity index (χ4n) is 4.96. The Balaban J connectivity index is 1.33. The lowest BCUT2D eigenvalue weighted by Crippen LogP contribution is -2.50. The van der Waals surface area contributed by atoms with Gasteiger partial charge in [0, 0.05) is 43.5 Å². The second-order valence-corrected chi connectivity index (χ2v) is 9.58. The molecule has 4 rings (SSSR count). The summed E-state index contributed by atoms with van der Waals surface area (Å²) in [5.41, 5.74) is 11.6. The Morgan fingerprint density at radius 2 is 1.77 bits per heavy atom. The van der Waals surface area contributed by atoms with Crippen LogP contribution >= 0.6 is 0 Å². The van der Waals surface area contributed by atoms with E-state index in [2.05, 4.69) is 5.32 Å². The lowest BCUT2D eigenvalue weighted by atomic mass is 9.99. The fourth-order valence-corrected chi connectivity index (χ4v) is 4.96. The zero-order valence-corrected chi connectivity index (χ0v) is 20.7. The van der Waals surface area contributed by atoms with Crippen LogP contribution < -0.4 is 11.1 Å². The van der Waals surface area contributed by atoms with E-state index in [-0.39, 0.29) is 17.9 Å². The van der Waals surface area contributed by atoms with Gasteiger partial charge in [0.05, 0.1) is 0 Å². The molecule has 35 heavy (non-hydrogen) atoms. The minimum absolute atomic E-state index is 0.0534. The summed E-state index contributed by atoms with van der Waals surface area (Å²) in [4.78, 5) is 41.5. The highest BCUT2D eigenvalue weighted by molar-refractivity contribution is 5.91. The van der Waals surface area contributed by atoms with Crippen molar-refractivity contribution in [2.75, 3.05) is 30.7 Å². The molecule has 2 aliphatic rings. The third-order valence-corrected chi connectivity index (χ3v) is 7.08. The Hall–Kier alpha value is -3.55. The second-order valence-electron chi connectivity index (χ2n) is 9.58. The van der Waals surface area contributed by atoms with Crippen LogP contribution in [0.15, 0.2) is 36.4 Å². The number of piperidine rings is 1. The van der Waals surface area contributed by atoms with Crippen LogP contribution in [0, 0.1) is 13.8 Å². The third kappa shape index (κ3) is 5.58. The average Bonchev–Trinajstić information content (AvgIpc) is 3.00. The number of para-hydroxylation sites is 1. The number of Topliss-reactive ketones (excluding diaryl/α,β-unsaturated/α-hetero) is 1. The number of carbonyl (C=O) groups excluding carboxylic acids is 3. The van der Waals surface area contributed by atoms with Crippen molar-refractivity contribution in [3.63, 3.8) is 0 Å². The maximum absolute atomic E-state index is 12.9. The summed E-state index contributed by atoms with van der Waals surface area (Å²) >= 11 is 0. The molecule has 2 heterocycles. The van der Waals surface area contributed by atoms with E-state index in [4.69, 9.17) is 10.5 Å². The van der Waals surface area contributed by atoms with E-state index in [1.165, 1.54) is 6.92 Å². The standard InChI is InChI=1S/C27H34N4O4/c1-17-14-20(15-18(2)25(17)28)16-24(19(3)32)35-27(34)30-11-9-22(10-12-30)31-13-8-21-6-4-5-7-23(21)29-26(31)33/h4-7,14-15,22,24H,8-13,16,28H2,1-3H3,(H,29,33)/t24-/m1/s1. The van der Waals surface area contributed by atoms with Crippen molar-refractivity contribution in [3.05, 3.63) is 58.7 Å². The Morgan fingerprint density at radius 3 is 2.43 bits per heavy atom. The van der Waals surface area contributed by atoms with Gasteiger partial charge in [0.2, 0.25) is 0 Å². The lowest BCUT2D eigenvalue weighted by Gasteiger charge is -2.37. The number of ether oxygens (including phenoxy) is 1. The van der Waals surface area contributed by atoms with Crippen LogP contribution in [0.4, 0.5) is 21.0 Å². The molecular weight excluding hydrogens is 444 g/mol. The summed E-state index contributed by atoms with van der Waals surface area (Å²) in [6.07, 6.45) is 1.10. The van der Waals surface area contributed by atoms with Crippen molar-refractivity contribution in [1.29, 1.82) is 0 Å². The predicted octanol–water partition coefficient (Wildman–Crippen LogP) is 4.08. The Kier molecular flexibility index (Phi) is 7.28. The summed E-state index contributed by atoms with van der Waals surface area (Å²) in [7, 11) is 0. The van der Waals surface area contributed by atoms with Gasteiger partial charge < -0.3 is 25.6 Å². The first-order valence-electron chi connectivity index (χ1n) is 12.2. The minimum Gasteiger partial charge on any atom is -0.438 e. The summed E-state index contributed by atoms with van der Waals surface area (Å²) in [5, 5.41) is 3.01. The number of rotatable bonds is 5. The van der Waals surface area contributed by atoms with Crippen molar-refractivity contribution in [2.24, 2.45) is 0 Å². The molecule has 186 valence electrons. The van der Waals surface area contributed by atoms with Gasteiger partial charge in [0.1, 0.15) is 0 Å². The summed E-state index contributed by atoms with van der Waals surface area (Å²) in [5.74, 6) is -0.193. The molecule has 0 unspecified atom stereocenters. The number of amides is 3. The number of nitrogens with one attached hydrogen (secondary N) is 1. The third-order valence-electron chi connectivity index (χ3n) is 7.08. The first-order valence-corrected chi connectivity index (χ1v) is 12.2. The molecule has 0 radical (unpaired) electrons. The van der Waals surface area contributed by atoms with Gasteiger partial charge in [-0.05, 0) is 68.4 Å². The van der Waals surface area contributed by atoms with Gasteiger partial charge in [-0.25, -0.2) is 9.59 Å². The van der Waals surface area contributed by atoms with E-state index in [1.807, 2.05) is 55.1 Å². The Morgan fingerprint density at radius 1 is 1.11 bits per heavy atom.